The number of nitrogens with zero attached hydrogens (tertiary/aromatic N) is 1. The van der Waals surface area contributed by atoms with Gasteiger partial charge in [0.1, 0.15) is 0 Å². The van der Waals surface area contributed by atoms with Crippen molar-refractivity contribution in [3.05, 3.63) is 29.3 Å². The number of likely N-dealkylation sites (tertiary alicyclic amines) is 1. The van der Waals surface area contributed by atoms with Crippen LogP contribution in [0.4, 0.5) is 5.69 Å². The van der Waals surface area contributed by atoms with Crippen molar-refractivity contribution in [3.8, 4) is 0 Å². The molecule has 1 aliphatic rings. The molecule has 0 bridgehead atoms. The van der Waals surface area contributed by atoms with Crippen molar-refractivity contribution in [2.24, 2.45) is 0 Å². The molecule has 2 amide bonds. The van der Waals surface area contributed by atoms with Gasteiger partial charge in [0, 0.05) is 31.7 Å². The second-order valence-corrected chi connectivity index (χ2v) is 5.74. The molecule has 0 radical (unpaired) electrons. The van der Waals surface area contributed by atoms with Gasteiger partial charge in [-0.2, -0.15) is 0 Å². The van der Waals surface area contributed by atoms with Gasteiger partial charge in [-0.25, -0.2) is 0 Å². The number of hydrogen-bond acceptors (Lipinski definition) is 3. The van der Waals surface area contributed by atoms with Gasteiger partial charge in [0.25, 0.3) is 0 Å². The first-order valence-electron chi connectivity index (χ1n) is 7.31. The molecule has 1 saturated heterocycles. The molecule has 1 aliphatic heterocycles. The Kier molecular flexibility index (Phi) is 4.96. The van der Waals surface area contributed by atoms with Crippen LogP contribution in [0.25, 0.3) is 0 Å². The fourth-order valence-electron chi connectivity index (χ4n) is 2.78. The molecule has 0 aliphatic carbocycles. The molecule has 1 aromatic carbocycles. The second kappa shape index (κ2) is 6.72. The number of aryl methyl sites for hydroxylation is 2. The van der Waals surface area contributed by atoms with Crippen LogP contribution in [0, 0.1) is 13.8 Å². The average Bonchev–Trinajstić information content (AvgIpc) is 2.80. The minimum atomic E-state index is -0.0122. The van der Waals surface area contributed by atoms with E-state index in [1.165, 1.54) is 6.92 Å². The Labute approximate surface area is 125 Å². The number of carbonyl (C=O) groups is 2. The van der Waals surface area contributed by atoms with E-state index in [-0.39, 0.29) is 17.9 Å². The number of para-hydroxylation sites is 1. The van der Waals surface area contributed by atoms with E-state index in [9.17, 15) is 9.59 Å². The average molecular weight is 289 g/mol. The molecular formula is C16H23N3O2. The Balaban J connectivity index is 1.87. The third kappa shape index (κ3) is 4.29. The second-order valence-electron chi connectivity index (χ2n) is 5.74. The highest BCUT2D eigenvalue weighted by Gasteiger charge is 2.24. The summed E-state index contributed by atoms with van der Waals surface area (Å²) in [6.45, 7) is 7.45. The standard InChI is InChI=1S/C16H23N3O2/c1-11-5-4-6-12(2)16(11)18-15(21)10-19-8-7-14(9-19)17-13(3)20/h4-6,14H,7-10H2,1-3H3,(H,17,20)(H,18,21). The van der Waals surface area contributed by atoms with Crippen molar-refractivity contribution in [2.75, 3.05) is 25.0 Å². The smallest absolute Gasteiger partial charge is 0.238 e. The van der Waals surface area contributed by atoms with Gasteiger partial charge < -0.3 is 10.6 Å². The summed E-state index contributed by atoms with van der Waals surface area (Å²) >= 11 is 0. The van der Waals surface area contributed by atoms with Crippen molar-refractivity contribution < 1.29 is 9.59 Å². The number of hydrogen-bond donors (Lipinski definition) is 2. The first kappa shape index (κ1) is 15.5. The third-order valence-corrected chi connectivity index (χ3v) is 3.79. The van der Waals surface area contributed by atoms with Gasteiger partial charge in [0.05, 0.1) is 6.54 Å². The van der Waals surface area contributed by atoms with Gasteiger partial charge in [-0.15, -0.1) is 0 Å². The summed E-state index contributed by atoms with van der Waals surface area (Å²) in [7, 11) is 0. The van der Waals surface area contributed by atoms with Crippen LogP contribution < -0.4 is 10.6 Å². The maximum atomic E-state index is 12.2. The van der Waals surface area contributed by atoms with Gasteiger partial charge in [0.2, 0.25) is 11.8 Å². The Morgan fingerprint density at radius 2 is 1.95 bits per heavy atom. The molecule has 2 rings (SSSR count). The fraction of sp³-hybridized carbons (Fsp3) is 0.500. The van der Waals surface area contributed by atoms with Gasteiger partial charge in [-0.1, -0.05) is 18.2 Å². The van der Waals surface area contributed by atoms with Crippen LogP contribution in [-0.2, 0) is 9.59 Å². The van der Waals surface area contributed by atoms with Crippen LogP contribution in [0.2, 0.25) is 0 Å². The van der Waals surface area contributed by atoms with E-state index in [1.54, 1.807) is 0 Å². The van der Waals surface area contributed by atoms with Gasteiger partial charge in [-0.3, -0.25) is 14.5 Å². The molecule has 5 nitrogen and oxygen atoms in total. The molecule has 1 unspecified atom stereocenters. The van der Waals surface area contributed by atoms with Crippen molar-refractivity contribution >= 4 is 17.5 Å². The fourth-order valence-corrected chi connectivity index (χ4v) is 2.78. The minimum absolute atomic E-state index is 0.00382. The Hall–Kier alpha value is -1.88. The normalized spacial score (nSPS) is 18.5. The molecular weight excluding hydrogens is 266 g/mol. The van der Waals surface area contributed by atoms with E-state index < -0.39 is 0 Å². The van der Waals surface area contributed by atoms with E-state index in [2.05, 4.69) is 15.5 Å². The van der Waals surface area contributed by atoms with Crippen molar-refractivity contribution in [1.82, 2.24) is 10.2 Å². The summed E-state index contributed by atoms with van der Waals surface area (Å²) in [5.41, 5.74) is 3.04. The van der Waals surface area contributed by atoms with Crippen LogP contribution in [-0.4, -0.2) is 42.4 Å². The van der Waals surface area contributed by atoms with Crippen LogP contribution in [0.1, 0.15) is 24.5 Å². The molecule has 1 atom stereocenters. The maximum Gasteiger partial charge on any atom is 0.238 e. The summed E-state index contributed by atoms with van der Waals surface area (Å²) in [4.78, 5) is 25.3. The predicted octanol–water partition coefficient (Wildman–Crippen LogP) is 1.45. The summed E-state index contributed by atoms with van der Waals surface area (Å²) in [6.07, 6.45) is 0.899. The number of benzene rings is 1. The number of nitrogens with one attached hydrogen (secondary N) is 2. The van der Waals surface area contributed by atoms with Crippen molar-refractivity contribution in [2.45, 2.75) is 33.2 Å². The van der Waals surface area contributed by atoms with Crippen molar-refractivity contribution in [1.29, 1.82) is 0 Å². The highest BCUT2D eigenvalue weighted by Crippen LogP contribution is 2.19. The molecule has 0 saturated carbocycles. The predicted molar refractivity (Wildman–Crippen MR) is 83.2 cm³/mol. The number of amides is 2. The van der Waals surface area contributed by atoms with Crippen LogP contribution in [0.15, 0.2) is 18.2 Å². The molecule has 1 heterocycles. The lowest BCUT2D eigenvalue weighted by atomic mass is 10.1. The molecule has 1 aromatic rings. The Morgan fingerprint density at radius 3 is 2.57 bits per heavy atom. The first-order valence-corrected chi connectivity index (χ1v) is 7.31. The molecule has 5 heteroatoms. The molecule has 0 spiro atoms. The third-order valence-electron chi connectivity index (χ3n) is 3.79. The van der Waals surface area contributed by atoms with Crippen LogP contribution >= 0.6 is 0 Å². The van der Waals surface area contributed by atoms with Gasteiger partial charge in [0.15, 0.2) is 0 Å². The summed E-state index contributed by atoms with van der Waals surface area (Å²) < 4.78 is 0. The monoisotopic (exact) mass is 289 g/mol. The molecule has 114 valence electrons. The van der Waals surface area contributed by atoms with E-state index in [0.717, 1.165) is 36.3 Å². The van der Waals surface area contributed by atoms with E-state index >= 15 is 0 Å². The Morgan fingerprint density at radius 1 is 1.29 bits per heavy atom. The van der Waals surface area contributed by atoms with Gasteiger partial charge >= 0.3 is 0 Å². The summed E-state index contributed by atoms with van der Waals surface area (Å²) in [6, 6.07) is 6.13. The Bertz CT molecular complexity index is 522. The number of rotatable bonds is 4. The van der Waals surface area contributed by atoms with Gasteiger partial charge in [-0.05, 0) is 31.4 Å². The number of anilines is 1. The molecule has 2 N–H and O–H groups in total. The SMILES string of the molecule is CC(=O)NC1CCN(CC(=O)Nc2c(C)cccc2C)C1. The quantitative estimate of drug-likeness (QED) is 0.882. The lowest BCUT2D eigenvalue weighted by molar-refractivity contribution is -0.119. The highest BCUT2D eigenvalue weighted by atomic mass is 16.2. The highest BCUT2D eigenvalue weighted by molar-refractivity contribution is 5.93. The van der Waals surface area contributed by atoms with E-state index in [4.69, 9.17) is 0 Å². The molecule has 0 aromatic heterocycles. The van der Waals surface area contributed by atoms with E-state index in [1.807, 2.05) is 32.0 Å². The first-order chi connectivity index (χ1) is 9.95. The zero-order chi connectivity index (χ0) is 15.4. The largest absolute Gasteiger partial charge is 0.352 e. The zero-order valence-corrected chi connectivity index (χ0v) is 12.9. The number of carbonyl (C=O) groups excluding carboxylic acids is 2. The summed E-state index contributed by atoms with van der Waals surface area (Å²) in [5, 5.41) is 5.89. The van der Waals surface area contributed by atoms with E-state index in [0.29, 0.717) is 6.54 Å². The molecule has 1 fully saturated rings. The summed E-state index contributed by atoms with van der Waals surface area (Å²) in [5.74, 6) is -0.0160. The maximum absolute atomic E-state index is 12.2. The lowest BCUT2D eigenvalue weighted by Gasteiger charge is -2.17. The minimum Gasteiger partial charge on any atom is -0.352 e. The van der Waals surface area contributed by atoms with Crippen LogP contribution in [0.3, 0.4) is 0 Å². The van der Waals surface area contributed by atoms with Crippen molar-refractivity contribution in [3.63, 3.8) is 0 Å². The zero-order valence-electron chi connectivity index (χ0n) is 12.9. The lowest BCUT2D eigenvalue weighted by Crippen LogP contribution is -2.37. The topological polar surface area (TPSA) is 61.4 Å². The molecule has 21 heavy (non-hydrogen) atoms. The van der Waals surface area contributed by atoms with Crippen LogP contribution in [0.5, 0.6) is 0 Å².